The van der Waals surface area contributed by atoms with Crippen molar-refractivity contribution in [3.63, 3.8) is 0 Å². The van der Waals surface area contributed by atoms with Gasteiger partial charge in [-0.3, -0.25) is 0 Å². The van der Waals surface area contributed by atoms with Gasteiger partial charge in [-0.15, -0.1) is 0 Å². The van der Waals surface area contributed by atoms with Crippen LogP contribution in [0, 0.1) is 0 Å². The molecule has 5 rings (SSSR count). The molecule has 1 aliphatic rings. The summed E-state index contributed by atoms with van der Waals surface area (Å²) in [6.07, 6.45) is 4.35. The van der Waals surface area contributed by atoms with Gasteiger partial charge in [0.05, 0.1) is 22.1 Å². The Kier molecular flexibility index (Phi) is 3.23. The summed E-state index contributed by atoms with van der Waals surface area (Å²) < 4.78 is 0. The lowest BCUT2D eigenvalue weighted by Gasteiger charge is -2.27. The van der Waals surface area contributed by atoms with Crippen molar-refractivity contribution in [3.05, 3.63) is 71.8 Å². The summed E-state index contributed by atoms with van der Waals surface area (Å²) in [5, 5.41) is 0. The Hall–Kier alpha value is -2.88. The Morgan fingerprint density at radius 3 is 1.96 bits per heavy atom. The Bertz CT molecular complexity index is 1020. The normalized spacial score (nSPS) is 20.9. The monoisotopic (exact) mass is 328 g/mol. The summed E-state index contributed by atoms with van der Waals surface area (Å²) in [7, 11) is 0. The number of para-hydroxylation sites is 4. The number of imidazole rings is 2. The number of hydrogen-bond acceptors (Lipinski definition) is 2. The van der Waals surface area contributed by atoms with Gasteiger partial charge in [0.2, 0.25) is 0 Å². The first kappa shape index (κ1) is 14.5. The topological polar surface area (TPSA) is 57.4 Å². The van der Waals surface area contributed by atoms with Crippen molar-refractivity contribution in [2.45, 2.75) is 31.6 Å². The van der Waals surface area contributed by atoms with Gasteiger partial charge in [-0.05, 0) is 44.0 Å². The quantitative estimate of drug-likeness (QED) is 0.506. The maximum Gasteiger partial charge on any atom is 0.111 e. The van der Waals surface area contributed by atoms with E-state index < -0.39 is 0 Å². The molecule has 0 saturated carbocycles. The molecule has 4 nitrogen and oxygen atoms in total. The smallest absolute Gasteiger partial charge is 0.111 e. The molecule has 25 heavy (non-hydrogen) atoms. The summed E-state index contributed by atoms with van der Waals surface area (Å²) in [4.78, 5) is 16.8. The van der Waals surface area contributed by atoms with Gasteiger partial charge < -0.3 is 9.97 Å². The highest BCUT2D eigenvalue weighted by Crippen LogP contribution is 2.42. The third-order valence-electron chi connectivity index (χ3n) is 5.27. The van der Waals surface area contributed by atoms with Gasteiger partial charge in [0, 0.05) is 11.8 Å². The average Bonchev–Trinajstić information content (AvgIpc) is 3.25. The number of nitrogens with one attached hydrogen (secondary N) is 2. The molecule has 4 aromatic rings. The van der Waals surface area contributed by atoms with Crippen LogP contribution < -0.4 is 0 Å². The first-order valence-corrected chi connectivity index (χ1v) is 8.83. The molecule has 0 unspecified atom stereocenters. The highest BCUT2D eigenvalue weighted by molar-refractivity contribution is 5.76. The highest BCUT2D eigenvalue weighted by Gasteiger charge is 2.31. The first-order chi connectivity index (χ1) is 12.3. The minimum Gasteiger partial charge on any atom is -0.342 e. The second-order valence-electron chi connectivity index (χ2n) is 6.98. The number of benzene rings is 2. The minimum absolute atomic E-state index is 0.316. The molecular formula is C21H20N4. The van der Waals surface area contributed by atoms with Crippen molar-refractivity contribution in [2.75, 3.05) is 0 Å². The van der Waals surface area contributed by atoms with E-state index >= 15 is 0 Å². The molecule has 0 bridgehead atoms. The van der Waals surface area contributed by atoms with Crippen molar-refractivity contribution in [1.82, 2.24) is 19.9 Å². The SMILES string of the molecule is CC1=CC[C@@H](c2nc3ccccc3[nH]2)[C@H](c2nc3ccccc3[nH]2)C1. The van der Waals surface area contributed by atoms with Crippen LogP contribution in [0.15, 0.2) is 60.2 Å². The molecule has 0 spiro atoms. The van der Waals surface area contributed by atoms with E-state index in [0.717, 1.165) is 46.6 Å². The van der Waals surface area contributed by atoms with Gasteiger partial charge in [0.25, 0.3) is 0 Å². The van der Waals surface area contributed by atoms with Crippen LogP contribution in [-0.4, -0.2) is 19.9 Å². The van der Waals surface area contributed by atoms with Crippen LogP contribution in [0.25, 0.3) is 22.1 Å². The number of allylic oxidation sites excluding steroid dienone is 2. The summed E-state index contributed by atoms with van der Waals surface area (Å²) in [5.74, 6) is 2.77. The number of aromatic nitrogens is 4. The lowest BCUT2D eigenvalue weighted by molar-refractivity contribution is 0.477. The lowest BCUT2D eigenvalue weighted by atomic mass is 9.79. The zero-order valence-corrected chi connectivity index (χ0v) is 14.2. The fraction of sp³-hybridized carbons (Fsp3) is 0.238. The molecule has 0 radical (unpaired) electrons. The second kappa shape index (κ2) is 5.59. The number of nitrogens with zero attached hydrogens (tertiary/aromatic N) is 2. The zero-order valence-electron chi connectivity index (χ0n) is 14.2. The van der Waals surface area contributed by atoms with E-state index in [-0.39, 0.29) is 0 Å². The van der Waals surface area contributed by atoms with Gasteiger partial charge in [-0.25, -0.2) is 9.97 Å². The highest BCUT2D eigenvalue weighted by atomic mass is 15.0. The van der Waals surface area contributed by atoms with E-state index in [1.54, 1.807) is 0 Å². The minimum atomic E-state index is 0.316. The average molecular weight is 328 g/mol. The second-order valence-corrected chi connectivity index (χ2v) is 6.98. The molecule has 2 aromatic carbocycles. The van der Waals surface area contributed by atoms with E-state index in [4.69, 9.17) is 9.97 Å². The Morgan fingerprint density at radius 1 is 0.800 bits per heavy atom. The molecule has 0 saturated heterocycles. The molecule has 2 N–H and O–H groups in total. The van der Waals surface area contributed by atoms with Gasteiger partial charge in [0.15, 0.2) is 0 Å². The standard InChI is InChI=1S/C21H20N4/c1-13-10-11-14(20-22-16-6-2-3-7-17(16)23-20)15(12-13)21-24-18-8-4-5-9-19(18)25-21/h2-10,14-15H,11-12H2,1H3,(H,22,23)(H,24,25)/t14-,15-/m1/s1. The van der Waals surface area contributed by atoms with E-state index in [0.29, 0.717) is 11.8 Å². The summed E-state index contributed by atoms with van der Waals surface area (Å²) in [6.45, 7) is 2.21. The Morgan fingerprint density at radius 2 is 1.36 bits per heavy atom. The predicted octanol–water partition coefficient (Wildman–Crippen LogP) is 5.05. The van der Waals surface area contributed by atoms with Crippen molar-refractivity contribution >= 4 is 22.1 Å². The van der Waals surface area contributed by atoms with Gasteiger partial charge in [-0.1, -0.05) is 35.9 Å². The lowest BCUT2D eigenvalue weighted by Crippen LogP contribution is -2.17. The summed E-state index contributed by atoms with van der Waals surface area (Å²) >= 11 is 0. The summed E-state index contributed by atoms with van der Waals surface area (Å²) in [6, 6.07) is 16.5. The fourth-order valence-electron chi connectivity index (χ4n) is 3.95. The first-order valence-electron chi connectivity index (χ1n) is 8.83. The third kappa shape index (κ3) is 2.45. The molecule has 2 heterocycles. The zero-order chi connectivity index (χ0) is 16.8. The number of H-pyrrole nitrogens is 2. The van der Waals surface area contributed by atoms with Gasteiger partial charge in [-0.2, -0.15) is 0 Å². The molecule has 4 heteroatoms. The molecule has 1 aliphatic carbocycles. The molecule has 2 aromatic heterocycles. The Labute approximate surface area is 146 Å². The van der Waals surface area contributed by atoms with Crippen LogP contribution in [0.2, 0.25) is 0 Å². The summed E-state index contributed by atoms with van der Waals surface area (Å²) in [5.41, 5.74) is 5.71. The van der Waals surface area contributed by atoms with Gasteiger partial charge >= 0.3 is 0 Å². The number of hydrogen-bond donors (Lipinski definition) is 2. The van der Waals surface area contributed by atoms with Crippen LogP contribution in [0.5, 0.6) is 0 Å². The fourth-order valence-corrected chi connectivity index (χ4v) is 3.95. The molecule has 124 valence electrons. The molecule has 2 atom stereocenters. The van der Waals surface area contributed by atoms with Crippen LogP contribution >= 0.6 is 0 Å². The molecular weight excluding hydrogens is 308 g/mol. The maximum atomic E-state index is 4.88. The Balaban J connectivity index is 1.60. The molecule has 0 amide bonds. The van der Waals surface area contributed by atoms with Crippen molar-refractivity contribution in [1.29, 1.82) is 0 Å². The van der Waals surface area contributed by atoms with Crippen LogP contribution in [0.4, 0.5) is 0 Å². The number of aromatic amines is 2. The van der Waals surface area contributed by atoms with Crippen molar-refractivity contribution < 1.29 is 0 Å². The van der Waals surface area contributed by atoms with E-state index in [9.17, 15) is 0 Å². The third-order valence-corrected chi connectivity index (χ3v) is 5.27. The van der Waals surface area contributed by atoms with E-state index in [1.807, 2.05) is 24.3 Å². The molecule has 0 fully saturated rings. The van der Waals surface area contributed by atoms with Crippen LogP contribution in [0.1, 0.15) is 43.3 Å². The van der Waals surface area contributed by atoms with E-state index in [1.165, 1.54) is 5.57 Å². The van der Waals surface area contributed by atoms with Crippen molar-refractivity contribution in [3.8, 4) is 0 Å². The predicted molar refractivity (Wildman–Crippen MR) is 101 cm³/mol. The maximum absolute atomic E-state index is 4.88. The van der Waals surface area contributed by atoms with Crippen LogP contribution in [0.3, 0.4) is 0 Å². The molecule has 0 aliphatic heterocycles. The van der Waals surface area contributed by atoms with E-state index in [2.05, 4.69) is 47.2 Å². The van der Waals surface area contributed by atoms with Gasteiger partial charge in [0.1, 0.15) is 11.6 Å². The number of rotatable bonds is 2. The largest absolute Gasteiger partial charge is 0.342 e. The van der Waals surface area contributed by atoms with Crippen molar-refractivity contribution in [2.24, 2.45) is 0 Å². The number of fused-ring (bicyclic) bond motifs is 2. The van der Waals surface area contributed by atoms with Crippen LogP contribution in [-0.2, 0) is 0 Å².